The predicted molar refractivity (Wildman–Crippen MR) is 119 cm³/mol. The quantitative estimate of drug-likeness (QED) is 0.445. The highest BCUT2D eigenvalue weighted by atomic mass is 16.6. The van der Waals surface area contributed by atoms with E-state index in [-0.39, 0.29) is 0 Å². The van der Waals surface area contributed by atoms with Gasteiger partial charge in [0.1, 0.15) is 17.1 Å². The van der Waals surface area contributed by atoms with E-state index in [1.54, 1.807) is 13.2 Å². The third-order valence-corrected chi connectivity index (χ3v) is 8.08. The summed E-state index contributed by atoms with van der Waals surface area (Å²) in [6.07, 6.45) is 16.9. The van der Waals surface area contributed by atoms with Crippen molar-refractivity contribution in [2.75, 3.05) is 18.6 Å². The number of nitrogens with one attached hydrogen (secondary N) is 1. The minimum atomic E-state index is 0.392. The fourth-order valence-corrected chi connectivity index (χ4v) is 6.24. The molecule has 29 heavy (non-hydrogen) atoms. The van der Waals surface area contributed by atoms with Crippen molar-refractivity contribution in [2.24, 2.45) is 23.7 Å². The first-order valence-corrected chi connectivity index (χ1v) is 11.8. The van der Waals surface area contributed by atoms with Crippen LogP contribution in [0.25, 0.3) is 0 Å². The van der Waals surface area contributed by atoms with Gasteiger partial charge in [-0.25, -0.2) is 0 Å². The molecule has 0 spiro atoms. The number of hydrogen-bond donors (Lipinski definition) is 3. The van der Waals surface area contributed by atoms with E-state index in [2.05, 4.69) is 5.48 Å². The number of ether oxygens (including phenoxy) is 1. The first-order valence-electron chi connectivity index (χ1n) is 11.8. The minimum Gasteiger partial charge on any atom is -0.495 e. The number of anilines is 2. The number of nitrogen functional groups attached to an aromatic ring is 2. The maximum atomic E-state index is 6.08. The molecule has 0 aromatic heterocycles. The molecule has 4 rings (SSSR count). The molecule has 0 amide bonds. The SMILES string of the molecule is COc1ccc(ONC2CCC(C3CCC(C4CCCC4)CC3)CC2)c(N)c1N. The van der Waals surface area contributed by atoms with Crippen LogP contribution in [-0.4, -0.2) is 13.2 Å². The summed E-state index contributed by atoms with van der Waals surface area (Å²) >= 11 is 0. The Kier molecular flexibility index (Phi) is 6.74. The van der Waals surface area contributed by atoms with E-state index in [0.717, 1.165) is 23.7 Å². The highest BCUT2D eigenvalue weighted by molar-refractivity contribution is 5.76. The van der Waals surface area contributed by atoms with E-state index in [9.17, 15) is 0 Å². The fourth-order valence-electron chi connectivity index (χ4n) is 6.24. The number of rotatable bonds is 6. The van der Waals surface area contributed by atoms with Crippen molar-refractivity contribution in [1.29, 1.82) is 0 Å². The van der Waals surface area contributed by atoms with Gasteiger partial charge < -0.3 is 21.0 Å². The van der Waals surface area contributed by atoms with E-state index >= 15 is 0 Å². The number of nitrogens with two attached hydrogens (primary N) is 2. The van der Waals surface area contributed by atoms with Crippen molar-refractivity contribution >= 4 is 11.4 Å². The summed E-state index contributed by atoms with van der Waals surface area (Å²) in [5.41, 5.74) is 16.2. The molecule has 162 valence electrons. The second-order valence-electron chi connectivity index (χ2n) is 9.64. The minimum absolute atomic E-state index is 0.392. The monoisotopic (exact) mass is 401 g/mol. The Hall–Kier alpha value is -1.62. The maximum Gasteiger partial charge on any atom is 0.172 e. The molecule has 0 unspecified atom stereocenters. The van der Waals surface area contributed by atoms with Crippen molar-refractivity contribution in [3.63, 3.8) is 0 Å². The molecule has 0 bridgehead atoms. The van der Waals surface area contributed by atoms with Gasteiger partial charge in [0.05, 0.1) is 7.11 Å². The van der Waals surface area contributed by atoms with Gasteiger partial charge >= 0.3 is 0 Å². The van der Waals surface area contributed by atoms with Crippen LogP contribution in [0.3, 0.4) is 0 Å². The van der Waals surface area contributed by atoms with Crippen LogP contribution in [0, 0.1) is 23.7 Å². The molecule has 0 heterocycles. The van der Waals surface area contributed by atoms with Crippen molar-refractivity contribution in [3.8, 4) is 11.5 Å². The Morgan fingerprint density at radius 1 is 0.690 bits per heavy atom. The zero-order valence-electron chi connectivity index (χ0n) is 18.0. The van der Waals surface area contributed by atoms with Crippen LogP contribution in [0.1, 0.15) is 77.0 Å². The largest absolute Gasteiger partial charge is 0.495 e. The Bertz CT molecular complexity index is 658. The highest BCUT2D eigenvalue weighted by Gasteiger charge is 2.34. The summed E-state index contributed by atoms with van der Waals surface area (Å²) in [6.45, 7) is 0. The topological polar surface area (TPSA) is 82.5 Å². The Morgan fingerprint density at radius 2 is 1.14 bits per heavy atom. The number of hydroxylamine groups is 1. The number of methoxy groups -OCH3 is 1. The van der Waals surface area contributed by atoms with E-state index < -0.39 is 0 Å². The van der Waals surface area contributed by atoms with Gasteiger partial charge in [-0.1, -0.05) is 25.7 Å². The van der Waals surface area contributed by atoms with E-state index in [0.29, 0.717) is 28.9 Å². The zero-order chi connectivity index (χ0) is 20.2. The van der Waals surface area contributed by atoms with Crippen LogP contribution in [0.15, 0.2) is 12.1 Å². The van der Waals surface area contributed by atoms with Gasteiger partial charge in [-0.15, -0.1) is 0 Å². The van der Waals surface area contributed by atoms with Gasteiger partial charge in [-0.3, -0.25) is 0 Å². The molecule has 3 fully saturated rings. The molecule has 1 aromatic carbocycles. The Morgan fingerprint density at radius 3 is 1.69 bits per heavy atom. The zero-order valence-corrected chi connectivity index (χ0v) is 18.0. The maximum absolute atomic E-state index is 6.08. The standard InChI is InChI=1S/C24H39N3O2/c1-28-21-14-15-22(24(26)23(21)25)29-27-20-12-10-19(11-13-20)18-8-6-17(7-9-18)16-4-2-3-5-16/h14-20,27H,2-13,25-26H2,1H3. The van der Waals surface area contributed by atoms with Crippen LogP contribution >= 0.6 is 0 Å². The Balaban J connectivity index is 1.20. The summed E-state index contributed by atoms with van der Waals surface area (Å²) in [6, 6.07) is 4.00. The molecule has 5 heteroatoms. The smallest absolute Gasteiger partial charge is 0.172 e. The first-order chi connectivity index (χ1) is 14.2. The predicted octanol–water partition coefficient (Wildman–Crippen LogP) is 5.30. The summed E-state index contributed by atoms with van der Waals surface area (Å²) < 4.78 is 5.20. The van der Waals surface area contributed by atoms with Crippen molar-refractivity contribution in [1.82, 2.24) is 5.48 Å². The van der Waals surface area contributed by atoms with E-state index in [4.69, 9.17) is 21.0 Å². The average Bonchev–Trinajstić information content (AvgIpc) is 3.30. The van der Waals surface area contributed by atoms with E-state index in [1.807, 2.05) is 6.07 Å². The van der Waals surface area contributed by atoms with E-state index in [1.165, 1.54) is 77.0 Å². The molecule has 3 aliphatic carbocycles. The van der Waals surface area contributed by atoms with Gasteiger partial charge in [0.25, 0.3) is 0 Å². The lowest BCUT2D eigenvalue weighted by atomic mass is 9.68. The lowest BCUT2D eigenvalue weighted by Gasteiger charge is -2.39. The van der Waals surface area contributed by atoms with Crippen LogP contribution in [0.2, 0.25) is 0 Å². The second-order valence-corrected chi connectivity index (χ2v) is 9.64. The van der Waals surface area contributed by atoms with Gasteiger partial charge in [-0.2, -0.15) is 5.48 Å². The molecule has 5 nitrogen and oxygen atoms in total. The third-order valence-electron chi connectivity index (χ3n) is 8.08. The van der Waals surface area contributed by atoms with Crippen LogP contribution < -0.4 is 26.5 Å². The lowest BCUT2D eigenvalue weighted by Crippen LogP contribution is -2.37. The molecule has 0 atom stereocenters. The molecule has 0 saturated heterocycles. The number of benzene rings is 1. The molecule has 0 radical (unpaired) electrons. The summed E-state index contributed by atoms with van der Waals surface area (Å²) in [7, 11) is 1.59. The fraction of sp³-hybridized carbons (Fsp3) is 0.750. The molecular weight excluding hydrogens is 362 g/mol. The van der Waals surface area contributed by atoms with Gasteiger partial charge in [-0.05, 0) is 87.2 Å². The first kappa shape index (κ1) is 20.6. The van der Waals surface area contributed by atoms with Gasteiger partial charge in [0.2, 0.25) is 0 Å². The van der Waals surface area contributed by atoms with Gasteiger partial charge in [0.15, 0.2) is 5.75 Å². The molecule has 3 saturated carbocycles. The Labute approximate surface area is 175 Å². The highest BCUT2D eigenvalue weighted by Crippen LogP contribution is 2.45. The molecular formula is C24H39N3O2. The normalized spacial score (nSPS) is 30.9. The number of hydrogen-bond acceptors (Lipinski definition) is 5. The van der Waals surface area contributed by atoms with Crippen molar-refractivity contribution in [3.05, 3.63) is 12.1 Å². The van der Waals surface area contributed by atoms with Gasteiger partial charge in [0, 0.05) is 6.04 Å². The van der Waals surface area contributed by atoms with Crippen LogP contribution in [0.4, 0.5) is 11.4 Å². The molecule has 0 aliphatic heterocycles. The average molecular weight is 402 g/mol. The summed E-state index contributed by atoms with van der Waals surface area (Å²) in [5.74, 6) is 5.15. The van der Waals surface area contributed by atoms with Crippen molar-refractivity contribution < 1.29 is 9.57 Å². The van der Waals surface area contributed by atoms with Crippen LogP contribution in [-0.2, 0) is 0 Å². The summed E-state index contributed by atoms with van der Waals surface area (Å²) in [4.78, 5) is 5.80. The third kappa shape index (κ3) is 4.76. The molecule has 1 aromatic rings. The second kappa shape index (κ2) is 9.46. The molecule has 3 aliphatic rings. The lowest BCUT2D eigenvalue weighted by molar-refractivity contribution is 0.0912. The van der Waals surface area contributed by atoms with Crippen molar-refractivity contribution in [2.45, 2.75) is 83.1 Å². The summed E-state index contributed by atoms with van der Waals surface area (Å²) in [5, 5.41) is 0. The van der Waals surface area contributed by atoms with Crippen LogP contribution in [0.5, 0.6) is 11.5 Å². The molecule has 5 N–H and O–H groups in total.